The Morgan fingerprint density at radius 2 is 1.74 bits per heavy atom. The fraction of sp³-hybridized carbons (Fsp3) is 0.312. The van der Waals surface area contributed by atoms with E-state index in [1.54, 1.807) is 0 Å². The van der Waals surface area contributed by atoms with E-state index >= 15 is 0 Å². The highest BCUT2D eigenvalue weighted by Crippen LogP contribution is 2.14. The maximum absolute atomic E-state index is 4.60. The minimum atomic E-state index is 0.954. The fourth-order valence-electron chi connectivity index (χ4n) is 2.43. The molecule has 0 aliphatic carbocycles. The smallest absolute Gasteiger partial charge is 0.128 e. The predicted octanol–water partition coefficient (Wildman–Crippen LogP) is 2.08. The third kappa shape index (κ3) is 3.12. The van der Waals surface area contributed by atoms with Gasteiger partial charge in [0, 0.05) is 32.4 Å². The molecule has 98 valence electrons. The normalized spacial score (nSPS) is 15.5. The summed E-state index contributed by atoms with van der Waals surface area (Å²) in [6.07, 6.45) is 2.96. The van der Waals surface area contributed by atoms with Crippen molar-refractivity contribution in [3.63, 3.8) is 0 Å². The van der Waals surface area contributed by atoms with Gasteiger partial charge in [0.1, 0.15) is 5.82 Å². The topological polar surface area (TPSA) is 28.2 Å². The highest BCUT2D eigenvalue weighted by atomic mass is 15.2. The number of pyridine rings is 1. The van der Waals surface area contributed by atoms with Crippen LogP contribution in [0.15, 0.2) is 48.7 Å². The molecule has 1 aromatic heterocycles. The fourth-order valence-corrected chi connectivity index (χ4v) is 2.43. The Bertz CT molecular complexity index is 501. The van der Waals surface area contributed by atoms with E-state index in [1.807, 2.05) is 6.20 Å². The lowest BCUT2D eigenvalue weighted by atomic mass is 10.1. The Labute approximate surface area is 114 Å². The average Bonchev–Trinajstić information content (AvgIpc) is 2.50. The number of rotatable bonds is 3. The predicted molar refractivity (Wildman–Crippen MR) is 78.6 cm³/mol. The van der Waals surface area contributed by atoms with E-state index in [9.17, 15) is 0 Å². The van der Waals surface area contributed by atoms with Crippen LogP contribution in [0.25, 0.3) is 0 Å². The third-order valence-corrected chi connectivity index (χ3v) is 3.50. The van der Waals surface area contributed by atoms with Crippen molar-refractivity contribution in [2.75, 3.05) is 31.1 Å². The van der Waals surface area contributed by atoms with Gasteiger partial charge in [0.15, 0.2) is 0 Å². The zero-order valence-corrected chi connectivity index (χ0v) is 11.0. The molecule has 3 nitrogen and oxygen atoms in total. The minimum Gasteiger partial charge on any atom is -0.354 e. The Morgan fingerprint density at radius 3 is 2.42 bits per heavy atom. The Balaban J connectivity index is 1.68. The molecule has 2 aromatic rings. The number of hydrogen-bond donors (Lipinski definition) is 1. The lowest BCUT2D eigenvalue weighted by Gasteiger charge is -2.28. The summed E-state index contributed by atoms with van der Waals surface area (Å²) in [5.41, 5.74) is 2.60. The summed E-state index contributed by atoms with van der Waals surface area (Å²) in [7, 11) is 0. The van der Waals surface area contributed by atoms with Crippen LogP contribution in [0.5, 0.6) is 0 Å². The zero-order chi connectivity index (χ0) is 12.9. The van der Waals surface area contributed by atoms with Crippen LogP contribution in [0, 0.1) is 0 Å². The zero-order valence-electron chi connectivity index (χ0n) is 11.0. The molecule has 0 radical (unpaired) electrons. The summed E-state index contributed by atoms with van der Waals surface area (Å²) in [5.74, 6) is 1.10. The molecular weight excluding hydrogens is 234 g/mol. The van der Waals surface area contributed by atoms with E-state index < -0.39 is 0 Å². The molecule has 1 N–H and O–H groups in total. The Morgan fingerprint density at radius 1 is 0.947 bits per heavy atom. The molecule has 0 unspecified atom stereocenters. The van der Waals surface area contributed by atoms with Gasteiger partial charge in [-0.2, -0.15) is 0 Å². The Kier molecular flexibility index (Phi) is 3.75. The first-order chi connectivity index (χ1) is 9.42. The highest BCUT2D eigenvalue weighted by Gasteiger charge is 2.10. The lowest BCUT2D eigenvalue weighted by Crippen LogP contribution is -2.43. The van der Waals surface area contributed by atoms with Gasteiger partial charge in [-0.25, -0.2) is 4.98 Å². The summed E-state index contributed by atoms with van der Waals surface area (Å²) in [6.45, 7) is 4.19. The first kappa shape index (κ1) is 12.2. The minimum absolute atomic E-state index is 0.954. The molecule has 1 aliphatic rings. The summed E-state index contributed by atoms with van der Waals surface area (Å²) in [6, 6.07) is 14.9. The molecule has 0 saturated carbocycles. The molecule has 1 saturated heterocycles. The molecule has 3 heteroatoms. The number of nitrogens with zero attached hydrogens (tertiary/aromatic N) is 2. The van der Waals surface area contributed by atoms with E-state index in [-0.39, 0.29) is 0 Å². The summed E-state index contributed by atoms with van der Waals surface area (Å²) in [4.78, 5) is 6.93. The van der Waals surface area contributed by atoms with Gasteiger partial charge in [0.05, 0.1) is 0 Å². The van der Waals surface area contributed by atoms with Crippen molar-refractivity contribution in [2.45, 2.75) is 6.42 Å². The number of aromatic nitrogens is 1. The molecule has 1 fully saturated rings. The summed E-state index contributed by atoms with van der Waals surface area (Å²) >= 11 is 0. The molecular formula is C16H19N3. The van der Waals surface area contributed by atoms with Crippen LogP contribution in [0.2, 0.25) is 0 Å². The number of nitrogens with one attached hydrogen (secondary N) is 1. The van der Waals surface area contributed by atoms with Crippen molar-refractivity contribution in [1.82, 2.24) is 10.3 Å². The van der Waals surface area contributed by atoms with Crippen LogP contribution >= 0.6 is 0 Å². The lowest BCUT2D eigenvalue weighted by molar-refractivity contribution is 0.585. The van der Waals surface area contributed by atoms with E-state index in [0.29, 0.717) is 0 Å². The van der Waals surface area contributed by atoms with Crippen molar-refractivity contribution in [1.29, 1.82) is 0 Å². The van der Waals surface area contributed by atoms with Gasteiger partial charge < -0.3 is 10.2 Å². The molecule has 1 aliphatic heterocycles. The van der Waals surface area contributed by atoms with Crippen LogP contribution in [-0.2, 0) is 6.42 Å². The van der Waals surface area contributed by atoms with Crippen molar-refractivity contribution in [2.24, 2.45) is 0 Å². The van der Waals surface area contributed by atoms with E-state index in [0.717, 1.165) is 38.4 Å². The van der Waals surface area contributed by atoms with Crippen LogP contribution < -0.4 is 10.2 Å². The van der Waals surface area contributed by atoms with Crippen molar-refractivity contribution in [3.8, 4) is 0 Å². The number of hydrogen-bond acceptors (Lipinski definition) is 3. The van der Waals surface area contributed by atoms with Crippen molar-refractivity contribution in [3.05, 3.63) is 59.8 Å². The van der Waals surface area contributed by atoms with Gasteiger partial charge in [0.25, 0.3) is 0 Å². The van der Waals surface area contributed by atoms with Gasteiger partial charge in [-0.15, -0.1) is 0 Å². The SMILES string of the molecule is c1ccc(Cc2ccc(N3CCNCC3)nc2)cc1. The second kappa shape index (κ2) is 5.85. The molecule has 19 heavy (non-hydrogen) atoms. The first-order valence-corrected chi connectivity index (χ1v) is 6.86. The maximum atomic E-state index is 4.60. The van der Waals surface area contributed by atoms with Gasteiger partial charge in [-0.05, 0) is 23.6 Å². The number of anilines is 1. The maximum Gasteiger partial charge on any atom is 0.128 e. The average molecular weight is 253 g/mol. The van der Waals surface area contributed by atoms with Crippen LogP contribution in [0.1, 0.15) is 11.1 Å². The summed E-state index contributed by atoms with van der Waals surface area (Å²) in [5, 5.41) is 3.36. The van der Waals surface area contributed by atoms with Gasteiger partial charge in [-0.1, -0.05) is 36.4 Å². The van der Waals surface area contributed by atoms with Crippen molar-refractivity contribution < 1.29 is 0 Å². The molecule has 3 rings (SSSR count). The second-order valence-corrected chi connectivity index (χ2v) is 4.92. The van der Waals surface area contributed by atoms with Crippen LogP contribution in [-0.4, -0.2) is 31.2 Å². The first-order valence-electron chi connectivity index (χ1n) is 6.86. The standard InChI is InChI=1S/C16H19N3/c1-2-4-14(5-3-1)12-15-6-7-16(18-13-15)19-10-8-17-9-11-19/h1-7,13,17H,8-12H2. The molecule has 0 bridgehead atoms. The monoisotopic (exact) mass is 253 g/mol. The molecule has 0 amide bonds. The van der Waals surface area contributed by atoms with E-state index in [1.165, 1.54) is 11.1 Å². The largest absolute Gasteiger partial charge is 0.354 e. The van der Waals surface area contributed by atoms with Gasteiger partial charge in [0.2, 0.25) is 0 Å². The Hall–Kier alpha value is -1.87. The molecule has 2 heterocycles. The quantitative estimate of drug-likeness (QED) is 0.908. The van der Waals surface area contributed by atoms with Crippen LogP contribution in [0.3, 0.4) is 0 Å². The van der Waals surface area contributed by atoms with Gasteiger partial charge in [-0.3, -0.25) is 0 Å². The molecule has 0 spiro atoms. The van der Waals surface area contributed by atoms with Crippen LogP contribution in [0.4, 0.5) is 5.82 Å². The highest BCUT2D eigenvalue weighted by molar-refractivity contribution is 5.40. The van der Waals surface area contributed by atoms with E-state index in [2.05, 4.69) is 57.7 Å². The summed E-state index contributed by atoms with van der Waals surface area (Å²) < 4.78 is 0. The molecule has 1 aromatic carbocycles. The number of piperazine rings is 1. The molecule has 0 atom stereocenters. The third-order valence-electron chi connectivity index (χ3n) is 3.50. The van der Waals surface area contributed by atoms with Gasteiger partial charge >= 0.3 is 0 Å². The number of benzene rings is 1. The second-order valence-electron chi connectivity index (χ2n) is 4.92. The van der Waals surface area contributed by atoms with E-state index in [4.69, 9.17) is 0 Å². The van der Waals surface area contributed by atoms with Crippen molar-refractivity contribution >= 4 is 5.82 Å².